The highest BCUT2D eigenvalue weighted by Gasteiger charge is 1.85. The van der Waals surface area contributed by atoms with Gasteiger partial charge < -0.3 is 5.73 Å². The van der Waals surface area contributed by atoms with Crippen molar-refractivity contribution in [2.45, 2.75) is 13.3 Å². The fourth-order valence-electron chi connectivity index (χ4n) is 0.102. The molecule has 0 aromatic carbocycles. The van der Waals surface area contributed by atoms with Crippen molar-refractivity contribution < 1.29 is 9.59 Å². The van der Waals surface area contributed by atoms with Gasteiger partial charge in [0.2, 0.25) is 5.91 Å². The maximum Gasteiger partial charge on any atom is 0.326 e. The molecule has 0 saturated carbocycles. The van der Waals surface area contributed by atoms with Crippen LogP contribution in [0.2, 0.25) is 0 Å². The summed E-state index contributed by atoms with van der Waals surface area (Å²) in [7, 11) is 0. The van der Waals surface area contributed by atoms with Crippen LogP contribution in [0.1, 0.15) is 13.3 Å². The fraction of sp³-hybridized carbons (Fsp3) is 0.500. The molecule has 0 aliphatic rings. The van der Waals surface area contributed by atoms with Gasteiger partial charge in [0, 0.05) is 6.42 Å². The number of primary amides is 1. The smallest absolute Gasteiger partial charge is 0.326 e. The van der Waals surface area contributed by atoms with Crippen molar-refractivity contribution in [3.05, 3.63) is 0 Å². The maximum absolute atomic E-state index is 9.94. The molecule has 0 aliphatic heterocycles. The van der Waals surface area contributed by atoms with Crippen molar-refractivity contribution in [1.82, 2.24) is 10.9 Å². The maximum atomic E-state index is 9.94. The topological polar surface area (TPSA) is 136 Å². The Morgan fingerprint density at radius 3 is 1.64 bits per heavy atom. The molecule has 0 aliphatic carbocycles. The van der Waals surface area contributed by atoms with Gasteiger partial charge in [0.1, 0.15) is 0 Å². The summed E-state index contributed by atoms with van der Waals surface area (Å²) in [4.78, 5) is 19.3. The number of hydrogen-bond acceptors (Lipinski definition) is 4. The van der Waals surface area contributed by atoms with E-state index in [4.69, 9.17) is 0 Å². The Labute approximate surface area is 64.2 Å². The Hall–Kier alpha value is -1.34. The highest BCUT2D eigenvalue weighted by Crippen LogP contribution is 1.66. The van der Waals surface area contributed by atoms with Crippen LogP contribution in [0.5, 0.6) is 0 Å². The third-order valence-corrected chi connectivity index (χ3v) is 0.624. The van der Waals surface area contributed by atoms with Gasteiger partial charge in [0.15, 0.2) is 0 Å². The molecule has 0 spiro atoms. The van der Waals surface area contributed by atoms with Gasteiger partial charge in [0.05, 0.1) is 0 Å². The average Bonchev–Trinajstić information content (AvgIpc) is 2.04. The SMILES string of the molecule is CCC(=O)NN.NNC(N)=O. The molecule has 7 heteroatoms. The standard InChI is InChI=1S/C3H8N2O.CH5N3O/c1-2-3(6)5-4;2-1(5)4-3/h2,4H2,1H3,(H,5,6);3H2,(H3,2,4,5). The summed E-state index contributed by atoms with van der Waals surface area (Å²) in [6.07, 6.45) is 0.455. The summed E-state index contributed by atoms with van der Waals surface area (Å²) in [5, 5.41) is 0. The number of urea groups is 1. The van der Waals surface area contributed by atoms with Crippen LogP contribution in [-0.4, -0.2) is 11.9 Å². The number of hydrazine groups is 2. The van der Waals surface area contributed by atoms with Crippen LogP contribution in [0.15, 0.2) is 0 Å². The summed E-state index contributed by atoms with van der Waals surface area (Å²) >= 11 is 0. The van der Waals surface area contributed by atoms with E-state index in [-0.39, 0.29) is 5.91 Å². The zero-order chi connectivity index (χ0) is 9.28. The molecule has 0 aromatic rings. The van der Waals surface area contributed by atoms with Crippen LogP contribution in [0, 0.1) is 0 Å². The first-order valence-corrected chi connectivity index (χ1v) is 2.83. The first kappa shape index (κ1) is 12.3. The van der Waals surface area contributed by atoms with Gasteiger partial charge in [-0.3, -0.25) is 15.6 Å². The average molecular weight is 163 g/mol. The zero-order valence-corrected chi connectivity index (χ0v) is 6.26. The van der Waals surface area contributed by atoms with Crippen LogP contribution in [0.4, 0.5) is 4.79 Å². The molecule has 0 saturated heterocycles. The fourth-order valence-corrected chi connectivity index (χ4v) is 0.102. The molecule has 66 valence electrons. The minimum Gasteiger partial charge on any atom is -0.351 e. The van der Waals surface area contributed by atoms with Gasteiger partial charge >= 0.3 is 6.03 Å². The lowest BCUT2D eigenvalue weighted by Crippen LogP contribution is -2.34. The first-order valence-electron chi connectivity index (χ1n) is 2.83. The van der Waals surface area contributed by atoms with E-state index in [1.165, 1.54) is 0 Å². The summed E-state index contributed by atoms with van der Waals surface area (Å²) in [6, 6.07) is -0.718. The zero-order valence-electron chi connectivity index (χ0n) is 6.26. The second-order valence-corrected chi connectivity index (χ2v) is 1.43. The van der Waals surface area contributed by atoms with E-state index in [2.05, 4.69) is 17.4 Å². The number of carbonyl (C=O) groups is 2. The molecule has 0 unspecified atom stereocenters. The van der Waals surface area contributed by atoms with E-state index in [1.54, 1.807) is 12.3 Å². The third-order valence-electron chi connectivity index (χ3n) is 0.624. The van der Waals surface area contributed by atoms with Crippen LogP contribution in [0.25, 0.3) is 0 Å². The van der Waals surface area contributed by atoms with Crippen molar-refractivity contribution in [2.75, 3.05) is 0 Å². The number of amides is 3. The highest BCUT2D eigenvalue weighted by molar-refractivity contribution is 5.74. The third kappa shape index (κ3) is 17.7. The van der Waals surface area contributed by atoms with Crippen molar-refractivity contribution in [2.24, 2.45) is 17.4 Å². The normalized spacial score (nSPS) is 7.18. The number of nitrogens with one attached hydrogen (secondary N) is 2. The second kappa shape index (κ2) is 8.66. The summed E-state index contributed by atoms with van der Waals surface area (Å²) < 4.78 is 0. The minimum absolute atomic E-state index is 0.130. The molecule has 8 N–H and O–H groups in total. The lowest BCUT2D eigenvalue weighted by atomic mass is 10.5. The number of carbonyl (C=O) groups excluding carboxylic acids is 2. The number of hydrogen-bond donors (Lipinski definition) is 5. The van der Waals surface area contributed by atoms with Crippen LogP contribution in [-0.2, 0) is 4.79 Å². The molecule has 11 heavy (non-hydrogen) atoms. The molecule has 7 nitrogen and oxygen atoms in total. The minimum atomic E-state index is -0.718. The van der Waals surface area contributed by atoms with Gasteiger partial charge in [-0.2, -0.15) is 0 Å². The van der Waals surface area contributed by atoms with Crippen molar-refractivity contribution in [3.8, 4) is 0 Å². The number of nitrogens with two attached hydrogens (primary N) is 3. The van der Waals surface area contributed by atoms with E-state index in [1.807, 2.05) is 5.43 Å². The van der Waals surface area contributed by atoms with E-state index in [0.717, 1.165) is 0 Å². The predicted octanol–water partition coefficient (Wildman–Crippen LogP) is -2.09. The predicted molar refractivity (Wildman–Crippen MR) is 39.5 cm³/mol. The van der Waals surface area contributed by atoms with Gasteiger partial charge in [-0.25, -0.2) is 16.5 Å². The van der Waals surface area contributed by atoms with E-state index in [0.29, 0.717) is 6.42 Å². The molecule has 0 heterocycles. The largest absolute Gasteiger partial charge is 0.351 e. The monoisotopic (exact) mass is 163 g/mol. The van der Waals surface area contributed by atoms with Gasteiger partial charge in [0.25, 0.3) is 0 Å². The molecular weight excluding hydrogens is 150 g/mol. The molecular formula is C4H13N5O2. The Bertz CT molecular complexity index is 120. The lowest BCUT2D eigenvalue weighted by Gasteiger charge is -1.87. The Morgan fingerprint density at radius 2 is 1.64 bits per heavy atom. The summed E-state index contributed by atoms with van der Waals surface area (Å²) in [5.41, 5.74) is 8.06. The molecule has 0 bridgehead atoms. The Kier molecular flexibility index (Phi) is 9.72. The van der Waals surface area contributed by atoms with Gasteiger partial charge in [-0.15, -0.1) is 0 Å². The molecule has 3 amide bonds. The molecule has 0 radical (unpaired) electrons. The first-order chi connectivity index (χ1) is 5.08. The van der Waals surface area contributed by atoms with Crippen LogP contribution in [0.3, 0.4) is 0 Å². The van der Waals surface area contributed by atoms with Crippen molar-refractivity contribution >= 4 is 11.9 Å². The summed E-state index contributed by atoms with van der Waals surface area (Å²) in [5.74, 6) is 9.00. The molecule has 0 aromatic heterocycles. The summed E-state index contributed by atoms with van der Waals surface area (Å²) in [6.45, 7) is 1.74. The molecule has 0 fully saturated rings. The Morgan fingerprint density at radius 1 is 1.27 bits per heavy atom. The van der Waals surface area contributed by atoms with Crippen molar-refractivity contribution in [1.29, 1.82) is 0 Å². The van der Waals surface area contributed by atoms with Crippen LogP contribution >= 0.6 is 0 Å². The molecule has 0 rings (SSSR count). The van der Waals surface area contributed by atoms with Crippen LogP contribution < -0.4 is 28.3 Å². The number of rotatable bonds is 1. The van der Waals surface area contributed by atoms with Crippen molar-refractivity contribution in [3.63, 3.8) is 0 Å². The Balaban J connectivity index is 0. The van der Waals surface area contributed by atoms with Gasteiger partial charge in [-0.1, -0.05) is 6.92 Å². The van der Waals surface area contributed by atoms with E-state index in [9.17, 15) is 9.59 Å². The lowest BCUT2D eigenvalue weighted by molar-refractivity contribution is -0.120. The quantitative estimate of drug-likeness (QED) is 0.172. The van der Waals surface area contributed by atoms with Gasteiger partial charge in [-0.05, 0) is 0 Å². The van der Waals surface area contributed by atoms with E-state index >= 15 is 0 Å². The van der Waals surface area contributed by atoms with E-state index < -0.39 is 6.03 Å². The second-order valence-electron chi connectivity index (χ2n) is 1.43. The highest BCUT2D eigenvalue weighted by atomic mass is 16.2. The molecule has 0 atom stereocenters.